The standard InChI is InChI=1S/C16H26N2O3/c1-19-12-13-4-5-15(20-2)14(16(13)21-3)6-9-18-10-7-17-8-11-18/h4-5,17H,6-12H2,1-3H3. The molecule has 1 aromatic carbocycles. The average molecular weight is 294 g/mol. The molecule has 0 atom stereocenters. The molecule has 1 aliphatic rings. The Morgan fingerprint density at radius 2 is 1.86 bits per heavy atom. The fourth-order valence-electron chi connectivity index (χ4n) is 2.81. The third-order valence-electron chi connectivity index (χ3n) is 3.91. The Balaban J connectivity index is 2.15. The first-order chi connectivity index (χ1) is 10.3. The molecule has 5 nitrogen and oxygen atoms in total. The monoisotopic (exact) mass is 294 g/mol. The zero-order valence-corrected chi connectivity index (χ0v) is 13.3. The Kier molecular flexibility index (Phi) is 6.29. The van der Waals surface area contributed by atoms with Crippen molar-refractivity contribution in [2.75, 3.05) is 54.1 Å². The summed E-state index contributed by atoms with van der Waals surface area (Å²) in [6.07, 6.45) is 0.921. The van der Waals surface area contributed by atoms with Gasteiger partial charge in [-0.25, -0.2) is 0 Å². The van der Waals surface area contributed by atoms with Gasteiger partial charge in [-0.3, -0.25) is 0 Å². The summed E-state index contributed by atoms with van der Waals surface area (Å²) < 4.78 is 16.4. The van der Waals surface area contributed by atoms with Crippen molar-refractivity contribution in [3.8, 4) is 11.5 Å². The summed E-state index contributed by atoms with van der Waals surface area (Å²) in [5, 5.41) is 3.38. The van der Waals surface area contributed by atoms with Crippen LogP contribution in [0.2, 0.25) is 0 Å². The Bertz CT molecular complexity index is 445. The van der Waals surface area contributed by atoms with Crippen LogP contribution in [0.5, 0.6) is 11.5 Å². The zero-order valence-electron chi connectivity index (χ0n) is 13.3. The fourth-order valence-corrected chi connectivity index (χ4v) is 2.81. The molecule has 0 radical (unpaired) electrons. The summed E-state index contributed by atoms with van der Waals surface area (Å²) in [5.41, 5.74) is 2.20. The van der Waals surface area contributed by atoms with E-state index in [1.54, 1.807) is 21.3 Å². The molecule has 1 fully saturated rings. The van der Waals surface area contributed by atoms with E-state index in [1.807, 2.05) is 12.1 Å². The first kappa shape index (κ1) is 16.1. The molecule has 1 aromatic rings. The number of hydrogen-bond donors (Lipinski definition) is 1. The number of hydrogen-bond acceptors (Lipinski definition) is 5. The molecule has 0 aromatic heterocycles. The van der Waals surface area contributed by atoms with Crippen LogP contribution in [0.25, 0.3) is 0 Å². The van der Waals surface area contributed by atoms with Crippen LogP contribution < -0.4 is 14.8 Å². The van der Waals surface area contributed by atoms with E-state index in [0.29, 0.717) is 6.61 Å². The van der Waals surface area contributed by atoms with Crippen LogP contribution in [0, 0.1) is 0 Å². The fraction of sp³-hybridized carbons (Fsp3) is 0.625. The Morgan fingerprint density at radius 3 is 2.48 bits per heavy atom. The lowest BCUT2D eigenvalue weighted by Gasteiger charge is -2.27. The SMILES string of the molecule is COCc1ccc(OC)c(CCN2CCNCC2)c1OC. The van der Waals surface area contributed by atoms with Crippen LogP contribution in [-0.4, -0.2) is 59.0 Å². The number of ether oxygens (including phenoxy) is 3. The quantitative estimate of drug-likeness (QED) is 0.821. The number of nitrogens with one attached hydrogen (secondary N) is 1. The van der Waals surface area contributed by atoms with Gasteiger partial charge in [0.15, 0.2) is 0 Å². The van der Waals surface area contributed by atoms with Gasteiger partial charge in [0, 0.05) is 51.0 Å². The molecule has 5 heteroatoms. The van der Waals surface area contributed by atoms with Crippen molar-refractivity contribution in [1.82, 2.24) is 10.2 Å². The third-order valence-corrected chi connectivity index (χ3v) is 3.91. The summed E-state index contributed by atoms with van der Waals surface area (Å²) in [4.78, 5) is 2.47. The smallest absolute Gasteiger partial charge is 0.131 e. The van der Waals surface area contributed by atoms with E-state index >= 15 is 0 Å². The zero-order chi connectivity index (χ0) is 15.1. The lowest BCUT2D eigenvalue weighted by Crippen LogP contribution is -2.44. The van der Waals surface area contributed by atoms with Crippen LogP contribution in [-0.2, 0) is 17.8 Å². The molecule has 118 valence electrons. The highest BCUT2D eigenvalue weighted by molar-refractivity contribution is 5.50. The number of piperazine rings is 1. The van der Waals surface area contributed by atoms with Gasteiger partial charge >= 0.3 is 0 Å². The molecule has 2 rings (SSSR count). The van der Waals surface area contributed by atoms with E-state index < -0.39 is 0 Å². The number of methoxy groups -OCH3 is 3. The predicted octanol–water partition coefficient (Wildman–Crippen LogP) is 1.30. The minimum Gasteiger partial charge on any atom is -0.496 e. The predicted molar refractivity (Wildman–Crippen MR) is 83.3 cm³/mol. The maximum atomic E-state index is 5.62. The van der Waals surface area contributed by atoms with E-state index in [1.165, 1.54) is 0 Å². The second kappa shape index (κ2) is 8.22. The molecule has 0 bridgehead atoms. The third kappa shape index (κ3) is 4.09. The van der Waals surface area contributed by atoms with Crippen LogP contribution in [0.1, 0.15) is 11.1 Å². The van der Waals surface area contributed by atoms with E-state index in [2.05, 4.69) is 10.2 Å². The number of nitrogens with zero attached hydrogens (tertiary/aromatic N) is 1. The van der Waals surface area contributed by atoms with E-state index in [9.17, 15) is 0 Å². The van der Waals surface area contributed by atoms with E-state index in [0.717, 1.165) is 61.8 Å². The van der Waals surface area contributed by atoms with Gasteiger partial charge < -0.3 is 24.4 Å². The van der Waals surface area contributed by atoms with Gasteiger partial charge in [-0.2, -0.15) is 0 Å². The second-order valence-corrected chi connectivity index (χ2v) is 5.21. The Labute approximate surface area is 127 Å². The summed E-state index contributed by atoms with van der Waals surface area (Å²) in [5.74, 6) is 1.79. The minimum absolute atomic E-state index is 0.549. The topological polar surface area (TPSA) is 43.0 Å². The van der Waals surface area contributed by atoms with E-state index in [4.69, 9.17) is 14.2 Å². The van der Waals surface area contributed by atoms with Gasteiger partial charge in [0.2, 0.25) is 0 Å². The summed E-state index contributed by atoms with van der Waals surface area (Å²) >= 11 is 0. The lowest BCUT2D eigenvalue weighted by molar-refractivity contribution is 0.181. The van der Waals surface area contributed by atoms with Gasteiger partial charge in [0.25, 0.3) is 0 Å². The van der Waals surface area contributed by atoms with Crippen LogP contribution >= 0.6 is 0 Å². The first-order valence-electron chi connectivity index (χ1n) is 7.45. The normalized spacial score (nSPS) is 16.0. The van der Waals surface area contributed by atoms with Crippen molar-refractivity contribution < 1.29 is 14.2 Å². The van der Waals surface area contributed by atoms with Gasteiger partial charge in [0.1, 0.15) is 11.5 Å². The summed E-state index contributed by atoms with van der Waals surface area (Å²) in [6, 6.07) is 4.01. The molecule has 0 amide bonds. The van der Waals surface area contributed by atoms with Crippen molar-refractivity contribution in [2.24, 2.45) is 0 Å². The van der Waals surface area contributed by atoms with Gasteiger partial charge in [0.05, 0.1) is 20.8 Å². The van der Waals surface area contributed by atoms with Crippen molar-refractivity contribution in [2.45, 2.75) is 13.0 Å². The summed E-state index contributed by atoms with van der Waals surface area (Å²) in [7, 11) is 5.12. The molecule has 1 N–H and O–H groups in total. The molecule has 0 spiro atoms. The van der Waals surface area contributed by atoms with Gasteiger partial charge in [-0.1, -0.05) is 0 Å². The Hall–Kier alpha value is -1.30. The van der Waals surface area contributed by atoms with Crippen molar-refractivity contribution >= 4 is 0 Å². The average Bonchev–Trinajstić information content (AvgIpc) is 2.54. The molecule has 0 aliphatic carbocycles. The molecule has 21 heavy (non-hydrogen) atoms. The highest BCUT2D eigenvalue weighted by Crippen LogP contribution is 2.33. The lowest BCUT2D eigenvalue weighted by atomic mass is 10.0. The van der Waals surface area contributed by atoms with Crippen molar-refractivity contribution in [1.29, 1.82) is 0 Å². The molecular formula is C16H26N2O3. The van der Waals surface area contributed by atoms with E-state index in [-0.39, 0.29) is 0 Å². The molecule has 0 unspecified atom stereocenters. The largest absolute Gasteiger partial charge is 0.496 e. The maximum Gasteiger partial charge on any atom is 0.131 e. The molecular weight excluding hydrogens is 268 g/mol. The number of rotatable bonds is 7. The van der Waals surface area contributed by atoms with Crippen LogP contribution in [0.3, 0.4) is 0 Å². The van der Waals surface area contributed by atoms with Crippen LogP contribution in [0.15, 0.2) is 12.1 Å². The minimum atomic E-state index is 0.549. The van der Waals surface area contributed by atoms with Gasteiger partial charge in [-0.15, -0.1) is 0 Å². The molecule has 1 aliphatic heterocycles. The van der Waals surface area contributed by atoms with Crippen molar-refractivity contribution in [3.63, 3.8) is 0 Å². The molecule has 1 saturated heterocycles. The Morgan fingerprint density at radius 1 is 1.10 bits per heavy atom. The summed E-state index contributed by atoms with van der Waals surface area (Å²) in [6.45, 7) is 5.90. The number of benzene rings is 1. The maximum absolute atomic E-state index is 5.62. The first-order valence-corrected chi connectivity index (χ1v) is 7.45. The second-order valence-electron chi connectivity index (χ2n) is 5.21. The van der Waals surface area contributed by atoms with Crippen molar-refractivity contribution in [3.05, 3.63) is 23.3 Å². The van der Waals surface area contributed by atoms with Gasteiger partial charge in [-0.05, 0) is 18.6 Å². The molecule has 0 saturated carbocycles. The van der Waals surface area contributed by atoms with Crippen LogP contribution in [0.4, 0.5) is 0 Å². The molecule has 1 heterocycles. The highest BCUT2D eigenvalue weighted by Gasteiger charge is 2.17. The highest BCUT2D eigenvalue weighted by atomic mass is 16.5.